The van der Waals surface area contributed by atoms with Crippen LogP contribution in [0.5, 0.6) is 0 Å². The predicted molar refractivity (Wildman–Crippen MR) is 134 cm³/mol. The Morgan fingerprint density at radius 1 is 1.17 bits per heavy atom. The van der Waals surface area contributed by atoms with Crippen molar-refractivity contribution in [2.45, 2.75) is 26.1 Å². The van der Waals surface area contributed by atoms with Crippen molar-refractivity contribution < 1.29 is 14.0 Å². The summed E-state index contributed by atoms with van der Waals surface area (Å²) in [4.78, 5) is 49.7. The Hall–Kier alpha value is -2.98. The molecule has 0 bridgehead atoms. The number of rotatable bonds is 4. The highest BCUT2D eigenvalue weighted by atomic mass is 35.5. The zero-order valence-corrected chi connectivity index (χ0v) is 20.8. The fraction of sp³-hybridized carbons (Fsp3) is 0.417. The summed E-state index contributed by atoms with van der Waals surface area (Å²) in [5, 5.41) is 1.03. The van der Waals surface area contributed by atoms with Crippen LogP contribution in [0.2, 0.25) is 5.02 Å². The van der Waals surface area contributed by atoms with Crippen LogP contribution in [0.4, 0.5) is 10.1 Å². The Kier molecular flexibility index (Phi) is 6.50. The lowest BCUT2D eigenvalue weighted by Gasteiger charge is -2.36. The number of carbonyl (C=O) groups excluding carboxylic acids is 2. The topological polar surface area (TPSA) is 78.8 Å². The maximum atomic E-state index is 13.5. The number of nitrogens with zero attached hydrogens (tertiary/aromatic N) is 5. The number of halogens is 2. The molecule has 8 nitrogen and oxygen atoms in total. The van der Waals surface area contributed by atoms with Crippen molar-refractivity contribution in [2.75, 3.05) is 44.2 Å². The van der Waals surface area contributed by atoms with Crippen LogP contribution in [0.1, 0.15) is 21.7 Å². The van der Waals surface area contributed by atoms with E-state index >= 15 is 0 Å². The third kappa shape index (κ3) is 4.64. The number of aromatic nitrogens is 2. The van der Waals surface area contributed by atoms with Gasteiger partial charge < -0.3 is 14.7 Å². The summed E-state index contributed by atoms with van der Waals surface area (Å²) >= 11 is 7.31. The Balaban J connectivity index is 1.32. The van der Waals surface area contributed by atoms with Crippen LogP contribution in [0.3, 0.4) is 0 Å². The first-order chi connectivity index (χ1) is 16.8. The third-order valence-electron chi connectivity index (χ3n) is 6.64. The van der Waals surface area contributed by atoms with Gasteiger partial charge >= 0.3 is 0 Å². The highest BCUT2D eigenvalue weighted by molar-refractivity contribution is 7.20. The van der Waals surface area contributed by atoms with Crippen molar-refractivity contribution in [1.29, 1.82) is 0 Å². The van der Waals surface area contributed by atoms with E-state index in [1.165, 1.54) is 27.1 Å². The van der Waals surface area contributed by atoms with Crippen molar-refractivity contribution in [3.05, 3.63) is 56.4 Å². The van der Waals surface area contributed by atoms with Crippen molar-refractivity contribution in [3.63, 3.8) is 0 Å². The van der Waals surface area contributed by atoms with E-state index in [0.717, 1.165) is 5.69 Å². The summed E-state index contributed by atoms with van der Waals surface area (Å²) < 4.78 is 14.7. The SMILES string of the molecule is Cc1c(C(=O)N2CCN(c3cccc(Cl)c3)CC2)sc2ncn(CC(=O)N3CCC(F)C3)c(=O)c12. The number of alkyl halides is 1. The summed E-state index contributed by atoms with van der Waals surface area (Å²) in [6.07, 6.45) is 0.635. The van der Waals surface area contributed by atoms with Gasteiger partial charge in [-0.25, -0.2) is 9.37 Å². The monoisotopic (exact) mass is 517 g/mol. The zero-order chi connectivity index (χ0) is 24.7. The lowest BCUT2D eigenvalue weighted by atomic mass is 10.2. The van der Waals surface area contributed by atoms with Crippen LogP contribution in [0, 0.1) is 6.92 Å². The second-order valence-electron chi connectivity index (χ2n) is 8.90. The largest absolute Gasteiger partial charge is 0.368 e. The molecule has 3 aromatic rings. The molecule has 11 heteroatoms. The van der Waals surface area contributed by atoms with Gasteiger partial charge in [-0.1, -0.05) is 17.7 Å². The second kappa shape index (κ2) is 9.58. The Morgan fingerprint density at radius 2 is 1.94 bits per heavy atom. The first-order valence-electron chi connectivity index (χ1n) is 11.5. The second-order valence-corrected chi connectivity index (χ2v) is 10.3. The van der Waals surface area contributed by atoms with E-state index in [2.05, 4.69) is 9.88 Å². The van der Waals surface area contributed by atoms with E-state index < -0.39 is 6.17 Å². The van der Waals surface area contributed by atoms with E-state index in [-0.39, 0.29) is 30.5 Å². The molecule has 2 amide bonds. The molecule has 0 spiro atoms. The van der Waals surface area contributed by atoms with Gasteiger partial charge in [-0.15, -0.1) is 11.3 Å². The van der Waals surface area contributed by atoms with Crippen LogP contribution in [0.15, 0.2) is 35.4 Å². The van der Waals surface area contributed by atoms with Crippen LogP contribution in [-0.2, 0) is 11.3 Å². The predicted octanol–water partition coefficient (Wildman–Crippen LogP) is 2.95. The molecule has 184 valence electrons. The number of carbonyl (C=O) groups is 2. The average Bonchev–Trinajstić information content (AvgIpc) is 3.44. The number of fused-ring (bicyclic) bond motifs is 1. The molecule has 2 aromatic heterocycles. The van der Waals surface area contributed by atoms with E-state index in [9.17, 15) is 18.8 Å². The van der Waals surface area contributed by atoms with Gasteiger partial charge in [-0.2, -0.15) is 0 Å². The molecule has 2 fully saturated rings. The number of hydrogen-bond acceptors (Lipinski definition) is 6. The molecular weight excluding hydrogens is 493 g/mol. The van der Waals surface area contributed by atoms with Gasteiger partial charge in [0.2, 0.25) is 5.91 Å². The molecule has 0 radical (unpaired) electrons. The lowest BCUT2D eigenvalue weighted by Crippen LogP contribution is -2.48. The Labute approximate surface area is 210 Å². The summed E-state index contributed by atoms with van der Waals surface area (Å²) in [5.41, 5.74) is 1.24. The number of thiophene rings is 1. The molecule has 2 aliphatic heterocycles. The molecular formula is C24H25ClFN5O3S. The van der Waals surface area contributed by atoms with Crippen molar-refractivity contribution >= 4 is 50.7 Å². The molecule has 5 rings (SSSR count). The molecule has 0 aliphatic carbocycles. The highest BCUT2D eigenvalue weighted by Gasteiger charge is 2.28. The van der Waals surface area contributed by atoms with Gasteiger partial charge in [0.25, 0.3) is 11.5 Å². The smallest absolute Gasteiger partial charge is 0.264 e. The normalized spacial score (nSPS) is 18.5. The number of hydrogen-bond donors (Lipinski definition) is 0. The van der Waals surface area contributed by atoms with Crippen LogP contribution in [-0.4, -0.2) is 76.6 Å². The standard InChI is InChI=1S/C24H25ClFN5O3S/c1-15-20-22(27-14-31(23(20)33)13-19(32)30-6-5-17(26)12-30)35-21(15)24(34)29-9-7-28(8-10-29)18-4-2-3-16(25)11-18/h2-4,11,14,17H,5-10,12-13H2,1H3. The quantitative estimate of drug-likeness (QED) is 0.531. The number of aryl methyl sites for hydroxylation is 1. The van der Waals surface area contributed by atoms with Crippen LogP contribution < -0.4 is 10.5 Å². The van der Waals surface area contributed by atoms with Crippen molar-refractivity contribution in [1.82, 2.24) is 19.4 Å². The molecule has 1 unspecified atom stereocenters. The van der Waals surface area contributed by atoms with Gasteiger partial charge in [0.15, 0.2) is 0 Å². The van der Waals surface area contributed by atoms with Crippen molar-refractivity contribution in [2.24, 2.45) is 0 Å². The molecule has 4 heterocycles. The van der Waals surface area contributed by atoms with E-state index in [1.807, 2.05) is 24.3 Å². The summed E-state index contributed by atoms with van der Waals surface area (Å²) in [7, 11) is 0. The Morgan fingerprint density at radius 3 is 2.63 bits per heavy atom. The number of amides is 2. The van der Waals surface area contributed by atoms with E-state index in [0.29, 0.717) is 64.8 Å². The highest BCUT2D eigenvalue weighted by Crippen LogP contribution is 2.29. The molecule has 0 N–H and O–H groups in total. The molecule has 1 aromatic carbocycles. The molecule has 1 atom stereocenters. The molecule has 2 aliphatic rings. The number of benzene rings is 1. The maximum absolute atomic E-state index is 13.5. The van der Waals surface area contributed by atoms with E-state index in [4.69, 9.17) is 11.6 Å². The number of anilines is 1. The van der Waals surface area contributed by atoms with Crippen LogP contribution >= 0.6 is 22.9 Å². The van der Waals surface area contributed by atoms with Gasteiger partial charge in [-0.3, -0.25) is 19.0 Å². The Bertz CT molecular complexity index is 1350. The number of likely N-dealkylation sites (tertiary alicyclic amines) is 1. The minimum Gasteiger partial charge on any atom is -0.368 e. The average molecular weight is 518 g/mol. The minimum atomic E-state index is -1.02. The third-order valence-corrected chi connectivity index (χ3v) is 8.06. The van der Waals surface area contributed by atoms with E-state index in [1.54, 1.807) is 11.8 Å². The van der Waals surface area contributed by atoms with Gasteiger partial charge in [0, 0.05) is 43.4 Å². The fourth-order valence-corrected chi connectivity index (χ4v) is 5.94. The summed E-state index contributed by atoms with van der Waals surface area (Å²) in [6.45, 7) is 4.43. The maximum Gasteiger partial charge on any atom is 0.264 e. The fourth-order valence-electron chi connectivity index (χ4n) is 4.65. The lowest BCUT2D eigenvalue weighted by molar-refractivity contribution is -0.131. The van der Waals surface area contributed by atoms with Crippen molar-refractivity contribution in [3.8, 4) is 0 Å². The zero-order valence-electron chi connectivity index (χ0n) is 19.2. The first-order valence-corrected chi connectivity index (χ1v) is 12.7. The van der Waals surface area contributed by atoms with Gasteiger partial charge in [0.05, 0.1) is 23.1 Å². The minimum absolute atomic E-state index is 0.0595. The number of piperazine rings is 1. The summed E-state index contributed by atoms with van der Waals surface area (Å²) in [6, 6.07) is 7.65. The van der Waals surface area contributed by atoms with Gasteiger partial charge in [-0.05, 0) is 37.1 Å². The van der Waals surface area contributed by atoms with Gasteiger partial charge in [0.1, 0.15) is 17.5 Å². The molecule has 2 saturated heterocycles. The first kappa shape index (κ1) is 23.7. The van der Waals surface area contributed by atoms with Crippen LogP contribution in [0.25, 0.3) is 10.2 Å². The molecule has 35 heavy (non-hydrogen) atoms. The molecule has 0 saturated carbocycles. The summed E-state index contributed by atoms with van der Waals surface area (Å²) in [5.74, 6) is -0.431.